The molecule has 0 aliphatic carbocycles. The molecule has 27 heavy (non-hydrogen) atoms. The van der Waals surface area contributed by atoms with Crippen LogP contribution in [-0.4, -0.2) is 55.8 Å². The lowest BCUT2D eigenvalue weighted by molar-refractivity contribution is 0.0675. The van der Waals surface area contributed by atoms with E-state index in [9.17, 15) is 4.79 Å². The van der Waals surface area contributed by atoms with Crippen molar-refractivity contribution in [3.8, 4) is 11.5 Å². The number of likely N-dealkylation sites (N-methyl/N-ethyl adjacent to an activating group) is 1. The zero-order chi connectivity index (χ0) is 19.2. The number of ether oxygens (including phenoxy) is 2. The third-order valence-corrected chi connectivity index (χ3v) is 4.37. The highest BCUT2D eigenvalue weighted by Crippen LogP contribution is 2.31. The summed E-state index contributed by atoms with van der Waals surface area (Å²) in [7, 11) is 3.89. The van der Waals surface area contributed by atoms with Crippen LogP contribution in [0.25, 0.3) is 0 Å². The molecule has 0 fully saturated rings. The van der Waals surface area contributed by atoms with Crippen LogP contribution >= 0.6 is 0 Å². The van der Waals surface area contributed by atoms with Gasteiger partial charge < -0.3 is 24.6 Å². The van der Waals surface area contributed by atoms with Crippen molar-refractivity contribution < 1.29 is 14.3 Å². The molecule has 1 aliphatic heterocycles. The van der Waals surface area contributed by atoms with E-state index in [0.29, 0.717) is 26.2 Å². The molecule has 0 saturated carbocycles. The Morgan fingerprint density at radius 1 is 1.22 bits per heavy atom. The second-order valence-electron chi connectivity index (χ2n) is 6.61. The summed E-state index contributed by atoms with van der Waals surface area (Å²) in [5.74, 6) is 2.35. The highest BCUT2D eigenvalue weighted by Gasteiger charge is 2.24. The lowest BCUT2D eigenvalue weighted by Gasteiger charge is -2.31. The number of amides is 2. The molecule has 2 amide bonds. The van der Waals surface area contributed by atoms with E-state index in [1.807, 2.05) is 62.3 Å². The van der Waals surface area contributed by atoms with Crippen molar-refractivity contribution in [2.45, 2.75) is 19.6 Å². The van der Waals surface area contributed by atoms with Gasteiger partial charge in [0.15, 0.2) is 17.6 Å². The Morgan fingerprint density at radius 2 is 2.00 bits per heavy atom. The van der Waals surface area contributed by atoms with Crippen molar-refractivity contribution in [3.63, 3.8) is 0 Å². The molecule has 1 atom stereocenters. The first kappa shape index (κ1) is 18.8. The Morgan fingerprint density at radius 3 is 2.67 bits per heavy atom. The van der Waals surface area contributed by atoms with Crippen molar-refractivity contribution in [3.05, 3.63) is 48.2 Å². The molecule has 2 aromatic rings. The number of para-hydroxylation sites is 2. The molecule has 2 heterocycles. The third-order valence-electron chi connectivity index (χ3n) is 4.37. The fraction of sp³-hybridized carbons (Fsp3) is 0.400. The Kier molecular flexibility index (Phi) is 6.01. The molecule has 0 radical (unpaired) electrons. The summed E-state index contributed by atoms with van der Waals surface area (Å²) in [6.07, 6.45) is 1.59. The maximum absolute atomic E-state index is 12.5. The first-order chi connectivity index (χ1) is 13.1. The number of pyridine rings is 1. The Balaban J connectivity index is 1.52. The van der Waals surface area contributed by atoms with Gasteiger partial charge in [0.25, 0.3) is 0 Å². The Hall–Kier alpha value is -2.96. The van der Waals surface area contributed by atoms with Gasteiger partial charge >= 0.3 is 6.03 Å². The molecule has 1 aromatic heterocycles. The quantitative estimate of drug-likeness (QED) is 0.846. The molecule has 1 aromatic carbocycles. The predicted molar refractivity (Wildman–Crippen MR) is 104 cm³/mol. The van der Waals surface area contributed by atoms with Crippen molar-refractivity contribution in [2.24, 2.45) is 0 Å². The van der Waals surface area contributed by atoms with E-state index in [-0.39, 0.29) is 12.1 Å². The number of nitrogens with one attached hydrogen (secondary N) is 1. The minimum absolute atomic E-state index is 0.128. The van der Waals surface area contributed by atoms with Gasteiger partial charge in [-0.1, -0.05) is 18.2 Å². The van der Waals surface area contributed by atoms with E-state index in [0.717, 1.165) is 22.9 Å². The van der Waals surface area contributed by atoms with Gasteiger partial charge in [-0.25, -0.2) is 9.78 Å². The lowest BCUT2D eigenvalue weighted by atomic mass is 10.2. The van der Waals surface area contributed by atoms with Crippen molar-refractivity contribution >= 4 is 11.8 Å². The summed E-state index contributed by atoms with van der Waals surface area (Å²) in [6.45, 7) is 3.86. The van der Waals surface area contributed by atoms with Crippen molar-refractivity contribution in [1.29, 1.82) is 0 Å². The number of carbonyl (C=O) groups excluding carboxylic acids is 1. The Bertz CT molecular complexity index is 764. The third kappa shape index (κ3) is 4.81. The highest BCUT2D eigenvalue weighted by atomic mass is 16.6. The van der Waals surface area contributed by atoms with E-state index >= 15 is 0 Å². The van der Waals surface area contributed by atoms with Crippen LogP contribution < -0.4 is 19.7 Å². The second-order valence-corrected chi connectivity index (χ2v) is 6.61. The number of urea groups is 1. The van der Waals surface area contributed by atoms with E-state index < -0.39 is 0 Å². The van der Waals surface area contributed by atoms with Crippen LogP contribution in [0.15, 0.2) is 42.6 Å². The number of benzene rings is 1. The smallest absolute Gasteiger partial charge is 0.317 e. The number of hydrogen-bond acceptors (Lipinski definition) is 5. The molecule has 0 saturated heterocycles. The molecule has 0 unspecified atom stereocenters. The van der Waals surface area contributed by atoms with E-state index in [2.05, 4.69) is 10.3 Å². The summed E-state index contributed by atoms with van der Waals surface area (Å²) in [5.41, 5.74) is 0.955. The average molecular weight is 370 g/mol. The maximum atomic E-state index is 12.5. The van der Waals surface area contributed by atoms with Crippen LogP contribution in [0.2, 0.25) is 0 Å². The summed E-state index contributed by atoms with van der Waals surface area (Å²) in [5, 5.41) is 2.94. The van der Waals surface area contributed by atoms with Gasteiger partial charge in [-0.15, -0.1) is 0 Å². The molecule has 7 nitrogen and oxygen atoms in total. The van der Waals surface area contributed by atoms with Crippen LogP contribution in [0, 0.1) is 0 Å². The minimum atomic E-state index is -0.188. The summed E-state index contributed by atoms with van der Waals surface area (Å²) < 4.78 is 11.7. The second kappa shape index (κ2) is 8.62. The number of fused-ring (bicyclic) bond motifs is 1. The molecule has 3 rings (SSSR count). The number of rotatable bonds is 6. The molecule has 1 N–H and O–H groups in total. The van der Waals surface area contributed by atoms with Gasteiger partial charge in [0.05, 0.1) is 6.54 Å². The number of nitrogens with zero attached hydrogens (tertiary/aromatic N) is 3. The summed E-state index contributed by atoms with van der Waals surface area (Å²) in [6, 6.07) is 11.3. The number of hydrogen-bond donors (Lipinski definition) is 1. The van der Waals surface area contributed by atoms with E-state index in [1.165, 1.54) is 0 Å². The van der Waals surface area contributed by atoms with Crippen molar-refractivity contribution in [2.75, 3.05) is 38.7 Å². The normalized spacial score (nSPS) is 15.1. The lowest BCUT2D eigenvalue weighted by Crippen LogP contribution is -2.47. The van der Waals surface area contributed by atoms with E-state index in [1.54, 1.807) is 11.1 Å². The van der Waals surface area contributed by atoms with E-state index in [4.69, 9.17) is 9.47 Å². The zero-order valence-electron chi connectivity index (χ0n) is 16.0. The maximum Gasteiger partial charge on any atom is 0.317 e. The van der Waals surface area contributed by atoms with Crippen LogP contribution in [0.3, 0.4) is 0 Å². The van der Waals surface area contributed by atoms with Crippen molar-refractivity contribution in [1.82, 2.24) is 15.2 Å². The standard InChI is InChI=1S/C20H26N4O3/c1-4-24(13-16-14-26-17-7-5-6-8-18(17)27-16)20(25)22-12-15-9-10-19(21-11-15)23(2)3/h5-11,16H,4,12-14H2,1-3H3,(H,22,25)/t16-/m0/s1. The van der Waals surface area contributed by atoms with Gasteiger partial charge in [-0.05, 0) is 30.7 Å². The highest BCUT2D eigenvalue weighted by molar-refractivity contribution is 5.74. The molecular formula is C20H26N4O3. The topological polar surface area (TPSA) is 66.9 Å². The molecule has 0 bridgehead atoms. The first-order valence-corrected chi connectivity index (χ1v) is 9.10. The molecular weight excluding hydrogens is 344 g/mol. The number of aromatic nitrogens is 1. The van der Waals surface area contributed by atoms with Gasteiger partial charge in [0.2, 0.25) is 0 Å². The number of anilines is 1. The summed E-state index contributed by atoms with van der Waals surface area (Å²) >= 11 is 0. The van der Waals surface area contributed by atoms with Gasteiger partial charge in [-0.3, -0.25) is 0 Å². The number of carbonyl (C=O) groups is 1. The van der Waals surface area contributed by atoms with Crippen LogP contribution in [0.4, 0.5) is 10.6 Å². The van der Waals surface area contributed by atoms with Gasteiger partial charge in [0, 0.05) is 33.4 Å². The minimum Gasteiger partial charge on any atom is -0.486 e. The zero-order valence-corrected chi connectivity index (χ0v) is 16.0. The van der Waals surface area contributed by atoms with Crippen LogP contribution in [0.1, 0.15) is 12.5 Å². The largest absolute Gasteiger partial charge is 0.486 e. The molecule has 144 valence electrons. The molecule has 7 heteroatoms. The Labute approximate surface area is 159 Å². The van der Waals surface area contributed by atoms with Gasteiger partial charge in [0.1, 0.15) is 12.4 Å². The molecule has 0 spiro atoms. The SMILES string of the molecule is CCN(C[C@H]1COc2ccccc2O1)C(=O)NCc1ccc(N(C)C)nc1. The fourth-order valence-electron chi connectivity index (χ4n) is 2.83. The van der Waals surface area contributed by atoms with Crippen LogP contribution in [-0.2, 0) is 6.54 Å². The summed E-state index contributed by atoms with van der Waals surface area (Å²) in [4.78, 5) is 20.6. The van der Waals surface area contributed by atoms with Crippen LogP contribution in [0.5, 0.6) is 11.5 Å². The molecule has 1 aliphatic rings. The fourth-order valence-corrected chi connectivity index (χ4v) is 2.83. The monoisotopic (exact) mass is 370 g/mol. The average Bonchev–Trinajstić information content (AvgIpc) is 2.70. The van der Waals surface area contributed by atoms with Gasteiger partial charge in [-0.2, -0.15) is 0 Å². The first-order valence-electron chi connectivity index (χ1n) is 9.10. The predicted octanol–water partition coefficient (Wildman–Crippen LogP) is 2.52.